The predicted octanol–water partition coefficient (Wildman–Crippen LogP) is 5.50. The molecular weight excluding hydrogens is 410 g/mol. The number of nitrogens with zero attached hydrogens (tertiary/aromatic N) is 1. The first-order chi connectivity index (χ1) is 14.9. The highest BCUT2D eigenvalue weighted by Gasteiger charge is 2.41. The van der Waals surface area contributed by atoms with E-state index in [0.29, 0.717) is 24.6 Å². The number of rotatable bonds is 7. The summed E-state index contributed by atoms with van der Waals surface area (Å²) in [5, 5.41) is 9.79. The highest BCUT2D eigenvalue weighted by Crippen LogP contribution is 2.46. The molecule has 1 unspecified atom stereocenters. The van der Waals surface area contributed by atoms with Crippen LogP contribution in [0.1, 0.15) is 28.7 Å². The molecule has 0 radical (unpaired) electrons. The summed E-state index contributed by atoms with van der Waals surface area (Å²) < 4.78 is 6.50. The molecule has 3 aromatic carbocycles. The molecule has 0 fully saturated rings. The number of hydrogen-bond acceptors (Lipinski definition) is 3. The van der Waals surface area contributed by atoms with Gasteiger partial charge in [-0.3, -0.25) is 9.69 Å². The van der Waals surface area contributed by atoms with E-state index in [1.54, 1.807) is 0 Å². The summed E-state index contributed by atoms with van der Waals surface area (Å²) >= 11 is 6.14. The topological polar surface area (TPSA) is 49.8 Å². The fraction of sp³-hybridized carbons (Fsp3) is 0.269. The van der Waals surface area contributed by atoms with E-state index in [2.05, 4.69) is 49.4 Å². The van der Waals surface area contributed by atoms with Crippen LogP contribution >= 0.6 is 11.6 Å². The number of ether oxygens (including phenoxy) is 1. The van der Waals surface area contributed by atoms with Gasteiger partial charge in [-0.05, 0) is 72.0 Å². The van der Waals surface area contributed by atoms with Crippen molar-refractivity contribution >= 4 is 17.6 Å². The van der Waals surface area contributed by atoms with Gasteiger partial charge in [0.05, 0.1) is 13.2 Å². The summed E-state index contributed by atoms with van der Waals surface area (Å²) in [6, 6.07) is 22.7. The molecule has 0 amide bonds. The largest absolute Gasteiger partial charge is 0.480 e. The lowest BCUT2D eigenvalue weighted by molar-refractivity contribution is -0.138. The van der Waals surface area contributed by atoms with Crippen LogP contribution in [-0.2, 0) is 21.7 Å². The third-order valence-corrected chi connectivity index (χ3v) is 6.28. The van der Waals surface area contributed by atoms with Crippen molar-refractivity contribution < 1.29 is 14.6 Å². The summed E-state index contributed by atoms with van der Waals surface area (Å²) in [4.78, 5) is 12.9. The van der Waals surface area contributed by atoms with Gasteiger partial charge in [-0.1, -0.05) is 60.1 Å². The molecule has 5 heteroatoms. The molecule has 1 N–H and O–H groups in total. The number of halogens is 1. The molecule has 160 valence electrons. The second-order valence-electron chi connectivity index (χ2n) is 8.19. The van der Waals surface area contributed by atoms with Gasteiger partial charge < -0.3 is 9.84 Å². The molecule has 4 rings (SSSR count). The van der Waals surface area contributed by atoms with Crippen LogP contribution in [0.5, 0.6) is 0 Å². The molecule has 0 spiro atoms. The van der Waals surface area contributed by atoms with Gasteiger partial charge in [-0.15, -0.1) is 0 Å². The maximum Gasteiger partial charge on any atom is 0.317 e. The lowest BCUT2D eigenvalue weighted by Crippen LogP contribution is -2.34. The van der Waals surface area contributed by atoms with E-state index in [0.717, 1.165) is 16.7 Å². The fourth-order valence-corrected chi connectivity index (χ4v) is 4.54. The van der Waals surface area contributed by atoms with Crippen LogP contribution in [0, 0.1) is 6.92 Å². The van der Waals surface area contributed by atoms with Gasteiger partial charge in [0.2, 0.25) is 0 Å². The van der Waals surface area contributed by atoms with E-state index in [1.165, 1.54) is 16.7 Å². The van der Waals surface area contributed by atoms with Crippen molar-refractivity contribution in [1.29, 1.82) is 0 Å². The van der Waals surface area contributed by atoms with Gasteiger partial charge in [0.15, 0.2) is 0 Å². The van der Waals surface area contributed by atoms with Gasteiger partial charge >= 0.3 is 5.97 Å². The molecular formula is C26H26ClNO3. The Hall–Kier alpha value is -2.66. The number of aryl methyl sites for hydroxylation is 1. The Bertz CT molecular complexity index is 1100. The second-order valence-corrected chi connectivity index (χ2v) is 8.63. The van der Waals surface area contributed by atoms with Crippen LogP contribution < -0.4 is 0 Å². The average Bonchev–Trinajstić information content (AvgIpc) is 3.12. The zero-order chi connectivity index (χ0) is 22.0. The quantitative estimate of drug-likeness (QED) is 0.532. The van der Waals surface area contributed by atoms with Crippen molar-refractivity contribution in [3.05, 3.63) is 94.0 Å². The Balaban J connectivity index is 1.73. The molecule has 1 aliphatic rings. The zero-order valence-corrected chi connectivity index (χ0v) is 18.5. The summed E-state index contributed by atoms with van der Waals surface area (Å²) in [5.74, 6) is -0.835. The van der Waals surface area contributed by atoms with Gasteiger partial charge in [0, 0.05) is 11.6 Å². The molecule has 1 atom stereocenters. The molecule has 0 saturated carbocycles. The molecule has 0 aromatic heterocycles. The van der Waals surface area contributed by atoms with E-state index in [4.69, 9.17) is 21.4 Å². The minimum atomic E-state index is -0.835. The highest BCUT2D eigenvalue weighted by molar-refractivity contribution is 6.30. The molecule has 3 aromatic rings. The number of carboxylic acids is 1. The van der Waals surface area contributed by atoms with Gasteiger partial charge in [-0.25, -0.2) is 0 Å². The van der Waals surface area contributed by atoms with Crippen molar-refractivity contribution in [3.63, 3.8) is 0 Å². The van der Waals surface area contributed by atoms with Gasteiger partial charge in [0.25, 0.3) is 0 Å². The molecule has 31 heavy (non-hydrogen) atoms. The van der Waals surface area contributed by atoms with Crippen LogP contribution in [0.4, 0.5) is 0 Å². The van der Waals surface area contributed by atoms with Gasteiger partial charge in [0.1, 0.15) is 5.60 Å². The molecule has 0 saturated heterocycles. The molecule has 4 nitrogen and oxygen atoms in total. The zero-order valence-electron chi connectivity index (χ0n) is 17.8. The van der Waals surface area contributed by atoms with E-state index in [9.17, 15) is 4.79 Å². The van der Waals surface area contributed by atoms with Crippen LogP contribution in [0.25, 0.3) is 11.1 Å². The number of hydrogen-bond donors (Lipinski definition) is 1. The maximum atomic E-state index is 11.1. The standard InChI is InChI=1S/C26H26ClNO3/c1-18-5-3-4-6-23(18)19-7-12-24-20(15-19)17-31-26(24,13-14-28(2)16-25(29)30)21-8-10-22(27)11-9-21/h3-12,15H,13-14,16-17H2,1-2H3,(H,29,30). The Morgan fingerprint density at radius 1 is 1.13 bits per heavy atom. The van der Waals surface area contributed by atoms with E-state index < -0.39 is 11.6 Å². The van der Waals surface area contributed by atoms with E-state index in [-0.39, 0.29) is 6.54 Å². The summed E-state index contributed by atoms with van der Waals surface area (Å²) in [5.41, 5.74) is 6.33. The Labute approximate surface area is 188 Å². The number of benzene rings is 3. The molecule has 1 heterocycles. The number of carbonyl (C=O) groups is 1. The maximum absolute atomic E-state index is 11.1. The van der Waals surface area contributed by atoms with Crippen molar-refractivity contribution in [3.8, 4) is 11.1 Å². The van der Waals surface area contributed by atoms with Crippen LogP contribution in [-0.4, -0.2) is 36.1 Å². The summed E-state index contributed by atoms with van der Waals surface area (Å²) in [7, 11) is 1.82. The smallest absolute Gasteiger partial charge is 0.317 e. The first-order valence-electron chi connectivity index (χ1n) is 10.4. The Kier molecular flexibility index (Phi) is 6.15. The SMILES string of the molecule is Cc1ccccc1-c1ccc2c(c1)COC2(CCN(C)CC(=O)O)c1ccc(Cl)cc1. The lowest BCUT2D eigenvalue weighted by Gasteiger charge is -2.32. The molecule has 1 aliphatic heterocycles. The van der Waals surface area contributed by atoms with Crippen molar-refractivity contribution in [2.24, 2.45) is 0 Å². The van der Waals surface area contributed by atoms with Crippen LogP contribution in [0.2, 0.25) is 5.02 Å². The third-order valence-electron chi connectivity index (χ3n) is 6.03. The number of carboxylic acid groups (broad SMARTS) is 1. The minimum Gasteiger partial charge on any atom is -0.480 e. The van der Waals surface area contributed by atoms with Crippen molar-refractivity contribution in [1.82, 2.24) is 4.90 Å². The van der Waals surface area contributed by atoms with Crippen molar-refractivity contribution in [2.75, 3.05) is 20.1 Å². The number of fused-ring (bicyclic) bond motifs is 1. The first-order valence-corrected chi connectivity index (χ1v) is 10.8. The van der Waals surface area contributed by atoms with Gasteiger partial charge in [-0.2, -0.15) is 0 Å². The van der Waals surface area contributed by atoms with Crippen LogP contribution in [0.3, 0.4) is 0 Å². The average molecular weight is 436 g/mol. The third kappa shape index (κ3) is 4.38. The minimum absolute atomic E-state index is 0.00419. The summed E-state index contributed by atoms with van der Waals surface area (Å²) in [6.45, 7) is 3.22. The normalized spacial score (nSPS) is 17.7. The van der Waals surface area contributed by atoms with E-state index in [1.807, 2.05) is 36.2 Å². The highest BCUT2D eigenvalue weighted by atomic mass is 35.5. The Morgan fingerprint density at radius 2 is 1.87 bits per heavy atom. The molecule has 0 bridgehead atoms. The Morgan fingerprint density at radius 3 is 2.58 bits per heavy atom. The predicted molar refractivity (Wildman–Crippen MR) is 123 cm³/mol. The summed E-state index contributed by atoms with van der Waals surface area (Å²) in [6.07, 6.45) is 0.648. The molecule has 0 aliphatic carbocycles. The first kappa shape index (κ1) is 21.6. The monoisotopic (exact) mass is 435 g/mol. The lowest BCUT2D eigenvalue weighted by atomic mass is 9.82. The van der Waals surface area contributed by atoms with Crippen LogP contribution in [0.15, 0.2) is 66.7 Å². The number of likely N-dealkylation sites (N-methyl/N-ethyl adjacent to an activating group) is 1. The van der Waals surface area contributed by atoms with Crippen molar-refractivity contribution in [2.45, 2.75) is 25.6 Å². The second kappa shape index (κ2) is 8.83. The number of aliphatic carboxylic acids is 1. The fourth-order valence-electron chi connectivity index (χ4n) is 4.42. The van der Waals surface area contributed by atoms with E-state index >= 15 is 0 Å².